The Morgan fingerprint density at radius 3 is 2.35 bits per heavy atom. The number of hydrogen-bond donors (Lipinski definition) is 1. The fourth-order valence-corrected chi connectivity index (χ4v) is 2.51. The molecule has 106 valence electrons. The molecule has 0 aliphatic carbocycles. The van der Waals surface area contributed by atoms with E-state index in [0.29, 0.717) is 0 Å². The first-order chi connectivity index (χ1) is 9.51. The lowest BCUT2D eigenvalue weighted by Crippen LogP contribution is -2.15. The van der Waals surface area contributed by atoms with Gasteiger partial charge >= 0.3 is 0 Å². The second-order valence-corrected chi connectivity index (χ2v) is 5.49. The quantitative estimate of drug-likeness (QED) is 0.914. The van der Waals surface area contributed by atoms with E-state index in [1.54, 1.807) is 7.11 Å². The van der Waals surface area contributed by atoms with Crippen LogP contribution in [0.3, 0.4) is 0 Å². The molecule has 0 bridgehead atoms. The van der Waals surface area contributed by atoms with E-state index in [0.717, 1.165) is 17.7 Å². The van der Waals surface area contributed by atoms with Crippen LogP contribution in [0.15, 0.2) is 36.4 Å². The van der Waals surface area contributed by atoms with Crippen LogP contribution >= 0.6 is 0 Å². The zero-order valence-corrected chi connectivity index (χ0v) is 12.7. The molecule has 0 spiro atoms. The molecule has 0 saturated carbocycles. The lowest BCUT2D eigenvalue weighted by Gasteiger charge is -2.18. The van der Waals surface area contributed by atoms with Crippen LogP contribution in [-0.2, 0) is 6.42 Å². The normalized spacial score (nSPS) is 12.2. The number of aryl methyl sites for hydroxylation is 3. The summed E-state index contributed by atoms with van der Waals surface area (Å²) in [5, 5.41) is 0. The van der Waals surface area contributed by atoms with Crippen LogP contribution in [-0.4, -0.2) is 7.11 Å². The average Bonchev–Trinajstić information content (AvgIpc) is 2.42. The summed E-state index contributed by atoms with van der Waals surface area (Å²) in [6, 6.07) is 12.6. The molecule has 0 aliphatic rings. The molecule has 2 aromatic carbocycles. The van der Waals surface area contributed by atoms with E-state index >= 15 is 0 Å². The molecular formula is C18H23NO. The van der Waals surface area contributed by atoms with E-state index in [4.69, 9.17) is 10.5 Å². The fraction of sp³-hybridized carbons (Fsp3) is 0.333. The van der Waals surface area contributed by atoms with Crippen molar-refractivity contribution in [1.82, 2.24) is 0 Å². The molecule has 0 aliphatic heterocycles. The number of benzene rings is 2. The van der Waals surface area contributed by atoms with Gasteiger partial charge in [-0.1, -0.05) is 41.5 Å². The Bertz CT molecular complexity index is 604. The van der Waals surface area contributed by atoms with Gasteiger partial charge in [0.05, 0.1) is 7.11 Å². The predicted octanol–water partition coefficient (Wildman–Crippen LogP) is 3.86. The molecule has 2 rings (SSSR count). The van der Waals surface area contributed by atoms with Gasteiger partial charge in [-0.2, -0.15) is 0 Å². The van der Waals surface area contributed by atoms with Gasteiger partial charge < -0.3 is 10.5 Å². The predicted molar refractivity (Wildman–Crippen MR) is 84.3 cm³/mol. The lowest BCUT2D eigenvalue weighted by molar-refractivity contribution is 0.405. The van der Waals surface area contributed by atoms with Gasteiger partial charge in [0.2, 0.25) is 0 Å². The molecule has 0 amide bonds. The highest BCUT2D eigenvalue weighted by molar-refractivity contribution is 5.40. The molecule has 2 heteroatoms. The highest BCUT2D eigenvalue weighted by Gasteiger charge is 2.14. The number of nitrogens with two attached hydrogens (primary N) is 1. The van der Waals surface area contributed by atoms with Gasteiger partial charge in [0, 0.05) is 11.6 Å². The van der Waals surface area contributed by atoms with E-state index in [2.05, 4.69) is 45.0 Å². The van der Waals surface area contributed by atoms with Crippen LogP contribution in [0.25, 0.3) is 0 Å². The maximum Gasteiger partial charge on any atom is 0.123 e. The number of rotatable bonds is 4. The van der Waals surface area contributed by atoms with Crippen LogP contribution in [0.5, 0.6) is 5.75 Å². The number of ether oxygens (including phenoxy) is 1. The third kappa shape index (κ3) is 3.20. The van der Waals surface area contributed by atoms with Crippen molar-refractivity contribution in [2.24, 2.45) is 5.73 Å². The van der Waals surface area contributed by atoms with Crippen LogP contribution in [0, 0.1) is 20.8 Å². The van der Waals surface area contributed by atoms with E-state index in [1.165, 1.54) is 22.3 Å². The molecule has 20 heavy (non-hydrogen) atoms. The highest BCUT2D eigenvalue weighted by atomic mass is 16.5. The van der Waals surface area contributed by atoms with Crippen molar-refractivity contribution in [2.45, 2.75) is 33.2 Å². The Labute approximate surface area is 121 Å². The van der Waals surface area contributed by atoms with Crippen molar-refractivity contribution in [1.29, 1.82) is 0 Å². The summed E-state index contributed by atoms with van der Waals surface area (Å²) in [6.45, 7) is 6.32. The van der Waals surface area contributed by atoms with Crippen LogP contribution in [0.2, 0.25) is 0 Å². The molecular weight excluding hydrogens is 246 g/mol. The summed E-state index contributed by atoms with van der Waals surface area (Å²) in [4.78, 5) is 0. The third-order valence-corrected chi connectivity index (χ3v) is 3.73. The smallest absolute Gasteiger partial charge is 0.123 e. The molecule has 0 heterocycles. The van der Waals surface area contributed by atoms with Gasteiger partial charge in [0.15, 0.2) is 0 Å². The lowest BCUT2D eigenvalue weighted by atomic mass is 9.94. The molecule has 2 aromatic rings. The molecule has 0 fully saturated rings. The van der Waals surface area contributed by atoms with E-state index in [1.807, 2.05) is 12.1 Å². The Balaban J connectivity index is 2.30. The minimum absolute atomic E-state index is 0.0506. The minimum atomic E-state index is -0.0506. The second-order valence-electron chi connectivity index (χ2n) is 5.49. The first-order valence-corrected chi connectivity index (χ1v) is 6.97. The maximum atomic E-state index is 6.41. The molecule has 0 radical (unpaired) electrons. The summed E-state index contributed by atoms with van der Waals surface area (Å²) >= 11 is 0. The Hall–Kier alpha value is -1.80. The van der Waals surface area contributed by atoms with Gasteiger partial charge in [-0.05, 0) is 44.4 Å². The molecule has 0 saturated heterocycles. The fourth-order valence-electron chi connectivity index (χ4n) is 2.51. The Morgan fingerprint density at radius 2 is 1.65 bits per heavy atom. The average molecular weight is 269 g/mol. The zero-order valence-electron chi connectivity index (χ0n) is 12.7. The molecule has 0 aromatic heterocycles. The van der Waals surface area contributed by atoms with E-state index in [9.17, 15) is 0 Å². The minimum Gasteiger partial charge on any atom is -0.496 e. The van der Waals surface area contributed by atoms with Gasteiger partial charge in [-0.3, -0.25) is 0 Å². The molecule has 1 atom stereocenters. The zero-order chi connectivity index (χ0) is 14.7. The Morgan fingerprint density at radius 1 is 1.00 bits per heavy atom. The van der Waals surface area contributed by atoms with Crippen molar-refractivity contribution >= 4 is 0 Å². The SMILES string of the molecule is COc1ccc(C)cc1C(N)Cc1cc(C)ccc1C. The number of methoxy groups -OCH3 is 1. The monoisotopic (exact) mass is 269 g/mol. The van der Waals surface area contributed by atoms with Gasteiger partial charge in [-0.25, -0.2) is 0 Å². The number of hydrogen-bond acceptors (Lipinski definition) is 2. The van der Waals surface area contributed by atoms with Crippen molar-refractivity contribution in [3.63, 3.8) is 0 Å². The largest absolute Gasteiger partial charge is 0.496 e. The first-order valence-electron chi connectivity index (χ1n) is 6.97. The molecule has 1 unspecified atom stereocenters. The van der Waals surface area contributed by atoms with Crippen LogP contribution < -0.4 is 10.5 Å². The van der Waals surface area contributed by atoms with Crippen molar-refractivity contribution in [3.05, 3.63) is 64.2 Å². The summed E-state index contributed by atoms with van der Waals surface area (Å²) in [6.07, 6.45) is 0.827. The maximum absolute atomic E-state index is 6.41. The molecule has 2 N–H and O–H groups in total. The van der Waals surface area contributed by atoms with Crippen LogP contribution in [0.4, 0.5) is 0 Å². The van der Waals surface area contributed by atoms with Crippen molar-refractivity contribution in [2.75, 3.05) is 7.11 Å². The van der Waals surface area contributed by atoms with Gasteiger partial charge in [0.1, 0.15) is 5.75 Å². The van der Waals surface area contributed by atoms with E-state index in [-0.39, 0.29) is 6.04 Å². The molecule has 2 nitrogen and oxygen atoms in total. The topological polar surface area (TPSA) is 35.2 Å². The summed E-state index contributed by atoms with van der Waals surface area (Å²) in [7, 11) is 1.69. The van der Waals surface area contributed by atoms with Crippen LogP contribution in [0.1, 0.15) is 33.9 Å². The Kier molecular flexibility index (Phi) is 4.46. The summed E-state index contributed by atoms with van der Waals surface area (Å²) in [5.41, 5.74) is 12.6. The second kappa shape index (κ2) is 6.10. The standard InChI is InChI=1S/C18H23NO/c1-12-5-7-14(3)15(9-12)11-17(19)16-10-13(2)6-8-18(16)20-4/h5-10,17H,11,19H2,1-4H3. The van der Waals surface area contributed by atoms with Crippen molar-refractivity contribution < 1.29 is 4.74 Å². The van der Waals surface area contributed by atoms with E-state index < -0.39 is 0 Å². The van der Waals surface area contributed by atoms with Gasteiger partial charge in [-0.15, -0.1) is 0 Å². The van der Waals surface area contributed by atoms with Crippen molar-refractivity contribution in [3.8, 4) is 5.75 Å². The first kappa shape index (κ1) is 14.6. The van der Waals surface area contributed by atoms with Gasteiger partial charge in [0.25, 0.3) is 0 Å². The summed E-state index contributed by atoms with van der Waals surface area (Å²) < 4.78 is 5.43. The third-order valence-electron chi connectivity index (χ3n) is 3.73. The summed E-state index contributed by atoms with van der Waals surface area (Å²) in [5.74, 6) is 0.869. The highest BCUT2D eigenvalue weighted by Crippen LogP contribution is 2.28.